The molecule has 0 N–H and O–H groups in total. The average molecular weight is 1880 g/mol. The van der Waals surface area contributed by atoms with Gasteiger partial charge in [0.2, 0.25) is 0 Å². The SMILES string of the molecule is c1ccc(-c2ccc(N(c3ccc(-c4ccccc4)cc3)c3cc(-c4cccc5ccccc45)cc(N(c4ccc(-c5ccccc5)cc4)c4ccc(-c5ccc6oc7ccccc7c6c5)cc4)c3)cc2)cc1.c1ccc(-c2ccc(N(c3ccc(-c4ccccc4)cc3)c3cc(-c4cccc5ccccc45)cc(N(c4ccc(-c5ccccc5)cc4)c4ccc(-c5ccc6sc7ccccc7c6c5)cc4)c3)cc2)cc1. The van der Waals surface area contributed by atoms with Crippen LogP contribution in [-0.4, -0.2) is 0 Å². The molecular formula is C140H96N4OS. The van der Waals surface area contributed by atoms with Crippen molar-refractivity contribution < 1.29 is 4.42 Å². The zero-order valence-electron chi connectivity index (χ0n) is 80.0. The van der Waals surface area contributed by atoms with Gasteiger partial charge in [-0.25, -0.2) is 0 Å². The molecule has 0 radical (unpaired) electrons. The van der Waals surface area contributed by atoms with Crippen LogP contribution in [0, 0.1) is 0 Å². The van der Waals surface area contributed by atoms with Gasteiger partial charge in [-0.1, -0.05) is 413 Å². The molecule has 0 aliphatic heterocycles. The molecule has 0 spiro atoms. The van der Waals surface area contributed by atoms with Crippen LogP contribution < -0.4 is 19.6 Å². The molecule has 0 atom stereocenters. The van der Waals surface area contributed by atoms with Crippen molar-refractivity contribution in [3.05, 3.63) is 582 Å². The third kappa shape index (κ3) is 18.0. The average Bonchev–Trinajstić information content (AvgIpc) is 1.19. The Labute approximate surface area is 854 Å². The van der Waals surface area contributed by atoms with Gasteiger partial charge in [-0.3, -0.25) is 0 Å². The molecule has 0 saturated carbocycles. The highest BCUT2D eigenvalue weighted by Gasteiger charge is 2.26. The van der Waals surface area contributed by atoms with Crippen molar-refractivity contribution in [3.63, 3.8) is 0 Å². The van der Waals surface area contributed by atoms with E-state index < -0.39 is 0 Å². The van der Waals surface area contributed by atoms with E-state index in [1.165, 1.54) is 120 Å². The van der Waals surface area contributed by atoms with E-state index >= 15 is 0 Å². The fraction of sp³-hybridized carbons (Fsp3) is 0. The maximum atomic E-state index is 6.21. The summed E-state index contributed by atoms with van der Waals surface area (Å²) in [5.41, 5.74) is 37.7. The van der Waals surface area contributed by atoms with Crippen molar-refractivity contribution in [1.29, 1.82) is 0 Å². The molecule has 0 amide bonds. The molecule has 0 fully saturated rings. The first kappa shape index (κ1) is 88.4. The summed E-state index contributed by atoms with van der Waals surface area (Å²) < 4.78 is 8.84. The van der Waals surface area contributed by atoms with Crippen molar-refractivity contribution in [2.75, 3.05) is 19.6 Å². The van der Waals surface area contributed by atoms with E-state index in [9.17, 15) is 0 Å². The fourth-order valence-electron chi connectivity index (χ4n) is 20.8. The van der Waals surface area contributed by atoms with E-state index in [0.717, 1.165) is 124 Å². The van der Waals surface area contributed by atoms with Crippen molar-refractivity contribution in [1.82, 2.24) is 0 Å². The molecule has 6 heteroatoms. The Morgan fingerprint density at radius 2 is 0.349 bits per heavy atom. The van der Waals surface area contributed by atoms with Gasteiger partial charge in [-0.15, -0.1) is 11.3 Å². The van der Waals surface area contributed by atoms with Crippen LogP contribution in [0.5, 0.6) is 0 Å². The van der Waals surface area contributed by atoms with E-state index in [4.69, 9.17) is 4.42 Å². The first-order valence-corrected chi connectivity index (χ1v) is 50.6. The third-order valence-corrected chi connectivity index (χ3v) is 29.3. The number of thiophene rings is 1. The Kier molecular flexibility index (Phi) is 24.0. The van der Waals surface area contributed by atoms with Gasteiger partial charge in [0.1, 0.15) is 11.2 Å². The summed E-state index contributed by atoms with van der Waals surface area (Å²) in [7, 11) is 0. The van der Waals surface area contributed by atoms with E-state index in [2.05, 4.69) is 590 Å². The lowest BCUT2D eigenvalue weighted by molar-refractivity contribution is 0.669. The van der Waals surface area contributed by atoms with Gasteiger partial charge in [0.25, 0.3) is 0 Å². The molecule has 2 heterocycles. The number of para-hydroxylation sites is 1. The highest BCUT2D eigenvalue weighted by atomic mass is 32.1. The van der Waals surface area contributed by atoms with Crippen LogP contribution in [0.1, 0.15) is 0 Å². The van der Waals surface area contributed by atoms with Gasteiger partial charge in [-0.05, 0) is 303 Å². The van der Waals surface area contributed by atoms with Crippen LogP contribution in [0.4, 0.5) is 68.2 Å². The molecule has 5 nitrogen and oxygen atoms in total. The lowest BCUT2D eigenvalue weighted by Crippen LogP contribution is -2.14. The molecule has 0 bridgehead atoms. The first-order valence-electron chi connectivity index (χ1n) is 49.8. The van der Waals surface area contributed by atoms with E-state index in [-0.39, 0.29) is 0 Å². The zero-order valence-corrected chi connectivity index (χ0v) is 80.8. The molecule has 24 aromatic carbocycles. The van der Waals surface area contributed by atoms with Gasteiger partial charge in [0, 0.05) is 99.2 Å². The summed E-state index contributed by atoms with van der Waals surface area (Å²) in [6, 6.07) is 211. The van der Waals surface area contributed by atoms with Gasteiger partial charge < -0.3 is 24.0 Å². The summed E-state index contributed by atoms with van der Waals surface area (Å²) >= 11 is 1.86. The van der Waals surface area contributed by atoms with Crippen LogP contribution in [0.25, 0.3) is 175 Å². The van der Waals surface area contributed by atoms with E-state index in [1.54, 1.807) is 0 Å². The van der Waals surface area contributed by atoms with Gasteiger partial charge >= 0.3 is 0 Å². The summed E-state index contributed by atoms with van der Waals surface area (Å²) in [6.07, 6.45) is 0. The summed E-state index contributed by atoms with van der Waals surface area (Å²) in [4.78, 5) is 9.63. The lowest BCUT2D eigenvalue weighted by Gasteiger charge is -2.31. The number of rotatable bonds is 22. The smallest absolute Gasteiger partial charge is 0.135 e. The predicted molar refractivity (Wildman–Crippen MR) is 621 cm³/mol. The fourth-order valence-corrected chi connectivity index (χ4v) is 21.9. The standard InChI is InChI=1S/C70H48N2O.C70H48N2S/c2*1-4-15-49(16-5-1)52-27-36-59(37-28-52)71(60-38-29-53(30-39-60)50-17-6-2-7-18-50)63-45-58(66-25-14-22-56-21-10-11-23-65(56)66)46-64(48-63)72(61-40-31-54(32-41-61)51-19-8-3-9-20-51)62-42-33-55(34-43-62)57-35-44-70-68(47-57)67-24-12-13-26-69(67)73-70/h2*1-48H. The van der Waals surface area contributed by atoms with Crippen LogP contribution >= 0.6 is 11.3 Å². The van der Waals surface area contributed by atoms with Gasteiger partial charge in [-0.2, -0.15) is 0 Å². The maximum absolute atomic E-state index is 6.21. The number of fused-ring (bicyclic) bond motifs is 8. The largest absolute Gasteiger partial charge is 0.456 e. The second-order valence-electron chi connectivity index (χ2n) is 37.1. The monoisotopic (exact) mass is 1880 g/mol. The highest BCUT2D eigenvalue weighted by Crippen LogP contribution is 2.51. The Balaban J connectivity index is 0.000000152. The Morgan fingerprint density at radius 3 is 0.671 bits per heavy atom. The Morgan fingerprint density at radius 1 is 0.123 bits per heavy atom. The third-order valence-electron chi connectivity index (χ3n) is 28.1. The van der Waals surface area contributed by atoms with Crippen molar-refractivity contribution >= 4 is 143 Å². The number of anilines is 12. The minimum Gasteiger partial charge on any atom is -0.456 e. The number of nitrogens with zero attached hydrogens (tertiary/aromatic N) is 4. The van der Waals surface area contributed by atoms with Crippen LogP contribution in [0.3, 0.4) is 0 Å². The van der Waals surface area contributed by atoms with Crippen molar-refractivity contribution in [2.24, 2.45) is 0 Å². The Bertz CT molecular complexity index is 8430. The number of benzene rings is 24. The molecule has 0 saturated heterocycles. The van der Waals surface area contributed by atoms with Gasteiger partial charge in [0.15, 0.2) is 0 Å². The van der Waals surface area contributed by atoms with Crippen LogP contribution in [0.2, 0.25) is 0 Å². The molecule has 2 aromatic heterocycles. The molecular weight excluding hydrogens is 1790 g/mol. The second kappa shape index (κ2) is 39.6. The number of furan rings is 1. The Hall–Kier alpha value is -19.0. The summed E-state index contributed by atoms with van der Waals surface area (Å²) in [5, 5.41) is 9.65. The molecule has 0 aliphatic rings. The normalized spacial score (nSPS) is 11.3. The zero-order chi connectivity index (χ0) is 97.0. The molecule has 0 aliphatic carbocycles. The molecule has 688 valence electrons. The highest BCUT2D eigenvalue weighted by molar-refractivity contribution is 7.25. The number of hydrogen-bond donors (Lipinski definition) is 0. The van der Waals surface area contributed by atoms with E-state index in [1.807, 2.05) is 23.5 Å². The quantitative estimate of drug-likeness (QED) is 0.0674. The van der Waals surface area contributed by atoms with E-state index in [0.29, 0.717) is 0 Å². The molecule has 26 rings (SSSR count). The van der Waals surface area contributed by atoms with Crippen molar-refractivity contribution in [2.45, 2.75) is 0 Å². The van der Waals surface area contributed by atoms with Crippen LogP contribution in [0.15, 0.2) is 587 Å². The molecule has 0 unspecified atom stereocenters. The van der Waals surface area contributed by atoms with Gasteiger partial charge in [0.05, 0.1) is 0 Å². The van der Waals surface area contributed by atoms with Crippen molar-refractivity contribution in [3.8, 4) is 111 Å². The first-order chi connectivity index (χ1) is 72.3. The molecule has 146 heavy (non-hydrogen) atoms. The summed E-state index contributed by atoms with van der Waals surface area (Å²) in [6.45, 7) is 0. The lowest BCUT2D eigenvalue weighted by atomic mass is 9.96. The number of hydrogen-bond acceptors (Lipinski definition) is 6. The van der Waals surface area contributed by atoms with Crippen LogP contribution in [-0.2, 0) is 0 Å². The maximum Gasteiger partial charge on any atom is 0.135 e. The minimum atomic E-state index is 0.891. The predicted octanol–water partition coefficient (Wildman–Crippen LogP) is 40.5. The minimum absolute atomic E-state index is 0.891. The topological polar surface area (TPSA) is 26.1 Å². The summed E-state index contributed by atoms with van der Waals surface area (Å²) in [5.74, 6) is 0. The molecule has 26 aromatic rings. The second-order valence-corrected chi connectivity index (χ2v) is 38.1.